The van der Waals surface area contributed by atoms with Crippen molar-refractivity contribution in [3.05, 3.63) is 24.3 Å². The molecule has 1 rings (SSSR count). The van der Waals surface area contributed by atoms with Gasteiger partial charge in [0.25, 0.3) is 0 Å². The number of methoxy groups -OCH3 is 1. The molecule has 1 aromatic carbocycles. The van der Waals surface area contributed by atoms with Gasteiger partial charge in [0.2, 0.25) is 5.91 Å². The zero-order valence-corrected chi connectivity index (χ0v) is 13.2. The zero-order chi connectivity index (χ0) is 16.5. The van der Waals surface area contributed by atoms with Gasteiger partial charge in [-0.25, -0.2) is 4.79 Å². The van der Waals surface area contributed by atoms with E-state index in [1.165, 1.54) is 0 Å². The molecule has 0 radical (unpaired) electrons. The summed E-state index contributed by atoms with van der Waals surface area (Å²) in [4.78, 5) is 22.7. The normalized spacial score (nSPS) is 11.8. The summed E-state index contributed by atoms with van der Waals surface area (Å²) in [6.07, 6.45) is 0.745. The average molecular weight is 309 g/mol. The lowest BCUT2D eigenvalue weighted by Gasteiger charge is -2.17. The van der Waals surface area contributed by atoms with Gasteiger partial charge in [-0.3, -0.25) is 4.79 Å². The minimum Gasteiger partial charge on any atom is -0.497 e. The van der Waals surface area contributed by atoms with Gasteiger partial charge >= 0.3 is 5.97 Å². The van der Waals surface area contributed by atoms with E-state index in [1.54, 1.807) is 45.2 Å². The number of carbonyl (C=O) groups excluding carboxylic acids is 1. The Bertz CT molecular complexity index is 484. The molecule has 0 spiro atoms. The molecule has 122 valence electrons. The fourth-order valence-corrected chi connectivity index (χ4v) is 1.85. The number of carboxylic acids is 1. The number of amides is 1. The summed E-state index contributed by atoms with van der Waals surface area (Å²) in [6.45, 7) is 3.90. The number of hydrogen-bond donors (Lipinski definition) is 2. The summed E-state index contributed by atoms with van der Waals surface area (Å²) >= 11 is 0. The number of carboxylic acid groups (broad SMARTS) is 1. The second-order valence-electron chi connectivity index (χ2n) is 5.25. The van der Waals surface area contributed by atoms with Crippen molar-refractivity contribution in [2.45, 2.75) is 32.7 Å². The molecule has 0 aliphatic rings. The van der Waals surface area contributed by atoms with Gasteiger partial charge in [0.05, 0.1) is 13.7 Å². The highest BCUT2D eigenvalue weighted by atomic mass is 16.5. The number of hydrogen-bond acceptors (Lipinski definition) is 4. The van der Waals surface area contributed by atoms with Crippen molar-refractivity contribution in [2.75, 3.05) is 13.7 Å². The summed E-state index contributed by atoms with van der Waals surface area (Å²) < 4.78 is 10.5. The molecule has 6 heteroatoms. The van der Waals surface area contributed by atoms with Crippen molar-refractivity contribution in [1.29, 1.82) is 0 Å². The predicted molar refractivity (Wildman–Crippen MR) is 82.1 cm³/mol. The Kier molecular flexibility index (Phi) is 7.22. The van der Waals surface area contributed by atoms with Crippen LogP contribution in [0.5, 0.6) is 11.5 Å². The Hall–Kier alpha value is -2.24. The Labute approximate surface area is 130 Å². The molecule has 1 atom stereocenters. The van der Waals surface area contributed by atoms with E-state index in [2.05, 4.69) is 5.32 Å². The number of rotatable bonds is 9. The number of nitrogens with one attached hydrogen (secondary N) is 1. The molecule has 6 nitrogen and oxygen atoms in total. The monoisotopic (exact) mass is 309 g/mol. The van der Waals surface area contributed by atoms with Gasteiger partial charge in [-0.15, -0.1) is 0 Å². The van der Waals surface area contributed by atoms with E-state index in [0.29, 0.717) is 18.8 Å². The van der Waals surface area contributed by atoms with E-state index in [0.717, 1.165) is 5.75 Å². The van der Waals surface area contributed by atoms with Crippen molar-refractivity contribution in [3.8, 4) is 11.5 Å². The van der Waals surface area contributed by atoms with Crippen LogP contribution in [-0.2, 0) is 9.59 Å². The quantitative estimate of drug-likeness (QED) is 0.682. The summed E-state index contributed by atoms with van der Waals surface area (Å²) in [7, 11) is 1.59. The molecule has 0 aliphatic carbocycles. The third kappa shape index (κ3) is 6.03. The van der Waals surface area contributed by atoms with Crippen molar-refractivity contribution in [3.63, 3.8) is 0 Å². The molecule has 22 heavy (non-hydrogen) atoms. The van der Waals surface area contributed by atoms with E-state index >= 15 is 0 Å². The van der Waals surface area contributed by atoms with Crippen LogP contribution in [-0.4, -0.2) is 36.7 Å². The first kappa shape index (κ1) is 17.8. The third-order valence-electron chi connectivity index (χ3n) is 3.13. The van der Waals surface area contributed by atoms with Gasteiger partial charge in [0.1, 0.15) is 17.5 Å². The third-order valence-corrected chi connectivity index (χ3v) is 3.13. The minimum atomic E-state index is -1.02. The lowest BCUT2D eigenvalue weighted by atomic mass is 10.0. The smallest absolute Gasteiger partial charge is 0.326 e. The van der Waals surface area contributed by atoms with Crippen LogP contribution in [0, 0.1) is 5.92 Å². The molecule has 1 amide bonds. The molecule has 0 aromatic heterocycles. The standard InChI is InChI=1S/C16H23NO5/c1-11(2)15(16(19)20)17-14(18)5-4-10-22-13-8-6-12(21-3)7-9-13/h6-9,11,15H,4-5,10H2,1-3H3,(H,17,18)(H,19,20)/t15-/m0/s1. The maximum absolute atomic E-state index is 11.7. The molecular weight excluding hydrogens is 286 g/mol. The highest BCUT2D eigenvalue weighted by Crippen LogP contribution is 2.17. The Morgan fingerprint density at radius 3 is 2.27 bits per heavy atom. The first-order chi connectivity index (χ1) is 10.4. The van der Waals surface area contributed by atoms with Gasteiger partial charge in [-0.2, -0.15) is 0 Å². The zero-order valence-electron chi connectivity index (χ0n) is 13.2. The summed E-state index contributed by atoms with van der Waals surface area (Å²) in [5.74, 6) is 0.00110. The number of ether oxygens (including phenoxy) is 2. The van der Waals surface area contributed by atoms with Crippen LogP contribution in [0.4, 0.5) is 0 Å². The Balaban J connectivity index is 2.28. The van der Waals surface area contributed by atoms with Crippen LogP contribution in [0.1, 0.15) is 26.7 Å². The fourth-order valence-electron chi connectivity index (χ4n) is 1.85. The van der Waals surface area contributed by atoms with E-state index < -0.39 is 12.0 Å². The van der Waals surface area contributed by atoms with Crippen molar-refractivity contribution in [2.24, 2.45) is 5.92 Å². The topological polar surface area (TPSA) is 84.9 Å². The van der Waals surface area contributed by atoms with Gasteiger partial charge in [0, 0.05) is 6.42 Å². The number of benzene rings is 1. The minimum absolute atomic E-state index is 0.156. The maximum Gasteiger partial charge on any atom is 0.326 e. The van der Waals surface area contributed by atoms with Crippen LogP contribution in [0.3, 0.4) is 0 Å². The average Bonchev–Trinajstić information content (AvgIpc) is 2.49. The summed E-state index contributed by atoms with van der Waals surface area (Å²) in [6, 6.07) is 6.32. The molecule has 0 aliphatic heterocycles. The number of carbonyl (C=O) groups is 2. The summed E-state index contributed by atoms with van der Waals surface area (Å²) in [5, 5.41) is 11.5. The molecule has 1 aromatic rings. The fraction of sp³-hybridized carbons (Fsp3) is 0.500. The molecule has 2 N–H and O–H groups in total. The van der Waals surface area contributed by atoms with E-state index in [4.69, 9.17) is 14.6 Å². The SMILES string of the molecule is COc1ccc(OCCCC(=O)N[C@H](C(=O)O)C(C)C)cc1. The van der Waals surface area contributed by atoms with Gasteiger partial charge in [-0.1, -0.05) is 13.8 Å². The van der Waals surface area contributed by atoms with Crippen LogP contribution in [0.2, 0.25) is 0 Å². The first-order valence-electron chi connectivity index (χ1n) is 7.23. The van der Waals surface area contributed by atoms with Gasteiger partial charge in [0.15, 0.2) is 0 Å². The number of aliphatic carboxylic acids is 1. The van der Waals surface area contributed by atoms with E-state index in [-0.39, 0.29) is 18.2 Å². The molecular formula is C16H23NO5. The highest BCUT2D eigenvalue weighted by Gasteiger charge is 2.22. The van der Waals surface area contributed by atoms with Gasteiger partial charge in [-0.05, 0) is 36.6 Å². The molecule has 0 unspecified atom stereocenters. The first-order valence-corrected chi connectivity index (χ1v) is 7.23. The molecule has 0 saturated carbocycles. The van der Waals surface area contributed by atoms with E-state index in [1.807, 2.05) is 0 Å². The van der Waals surface area contributed by atoms with Crippen molar-refractivity contribution in [1.82, 2.24) is 5.32 Å². The molecule has 0 bridgehead atoms. The highest BCUT2D eigenvalue weighted by molar-refractivity contribution is 5.83. The lowest BCUT2D eigenvalue weighted by Crippen LogP contribution is -2.44. The van der Waals surface area contributed by atoms with Crippen LogP contribution < -0.4 is 14.8 Å². The predicted octanol–water partition coefficient (Wildman–Crippen LogP) is 2.08. The summed E-state index contributed by atoms with van der Waals surface area (Å²) in [5.41, 5.74) is 0. The Morgan fingerprint density at radius 2 is 1.77 bits per heavy atom. The van der Waals surface area contributed by atoms with Gasteiger partial charge < -0.3 is 19.9 Å². The van der Waals surface area contributed by atoms with E-state index in [9.17, 15) is 9.59 Å². The van der Waals surface area contributed by atoms with Crippen LogP contribution in [0.25, 0.3) is 0 Å². The van der Waals surface area contributed by atoms with Crippen molar-refractivity contribution >= 4 is 11.9 Å². The largest absolute Gasteiger partial charge is 0.497 e. The van der Waals surface area contributed by atoms with Crippen LogP contribution in [0.15, 0.2) is 24.3 Å². The maximum atomic E-state index is 11.7. The molecule has 0 heterocycles. The molecule has 0 fully saturated rings. The lowest BCUT2D eigenvalue weighted by molar-refractivity contribution is -0.143. The Morgan fingerprint density at radius 1 is 1.18 bits per heavy atom. The second kappa shape index (κ2) is 8.92. The second-order valence-corrected chi connectivity index (χ2v) is 5.25. The molecule has 0 saturated heterocycles. The van der Waals surface area contributed by atoms with Crippen LogP contribution >= 0.6 is 0 Å². The van der Waals surface area contributed by atoms with Crippen molar-refractivity contribution < 1.29 is 24.2 Å².